The molecule has 0 fully saturated rings. The molecule has 0 heterocycles. The van der Waals surface area contributed by atoms with Gasteiger partial charge in [0.15, 0.2) is 0 Å². The van der Waals surface area contributed by atoms with Crippen LogP contribution in [-0.4, -0.2) is 0 Å². The van der Waals surface area contributed by atoms with Crippen LogP contribution in [0.5, 0.6) is 0 Å². The van der Waals surface area contributed by atoms with Crippen LogP contribution in [0.15, 0.2) is 37.0 Å². The molecule has 0 spiro atoms. The highest BCUT2D eigenvalue weighted by molar-refractivity contribution is 4.94. The zero-order valence-electron chi connectivity index (χ0n) is 19.3. The van der Waals surface area contributed by atoms with Gasteiger partial charge in [-0.15, -0.1) is 0 Å². The molecule has 0 amide bonds. The maximum Gasteiger partial charge on any atom is -0.0467 e. The smallest absolute Gasteiger partial charge is 0.0467 e. The van der Waals surface area contributed by atoms with E-state index in [4.69, 9.17) is 0 Å². The summed E-state index contributed by atoms with van der Waals surface area (Å²) < 4.78 is 0. The van der Waals surface area contributed by atoms with Crippen molar-refractivity contribution < 1.29 is 0 Å². The largest absolute Gasteiger partial charge is 0.0991 e. The van der Waals surface area contributed by atoms with Crippen LogP contribution in [0.4, 0.5) is 0 Å². The Morgan fingerprint density at radius 3 is 0.727 bits per heavy atom. The molecule has 0 aromatic heterocycles. The molecule has 0 nitrogen and oxygen atoms in total. The fourth-order valence-corrected chi connectivity index (χ4v) is 0.136. The monoisotopic (exact) mass is 318 g/mol. The molecule has 0 aliphatic carbocycles. The average molecular weight is 319 g/mol. The van der Waals surface area contributed by atoms with Crippen LogP contribution in [0.2, 0.25) is 0 Å². The Morgan fingerprint density at radius 2 is 0.727 bits per heavy atom. The molecule has 0 radical (unpaired) electrons. The van der Waals surface area contributed by atoms with Crippen molar-refractivity contribution in [3.8, 4) is 0 Å². The Balaban J connectivity index is -0.0000000177. The second kappa shape index (κ2) is 274. The van der Waals surface area contributed by atoms with E-state index in [1.54, 1.807) is 6.08 Å². The van der Waals surface area contributed by atoms with Crippen LogP contribution in [0, 0.1) is 0 Å². The van der Waals surface area contributed by atoms with E-state index in [1.807, 2.05) is 114 Å². The van der Waals surface area contributed by atoms with Gasteiger partial charge in [0.1, 0.15) is 0 Å². The van der Waals surface area contributed by atoms with Crippen molar-refractivity contribution in [3.63, 3.8) is 0 Å². The van der Waals surface area contributed by atoms with E-state index in [-0.39, 0.29) is 0 Å². The summed E-state index contributed by atoms with van der Waals surface area (Å²) in [5, 5.41) is 0. The lowest BCUT2D eigenvalue weighted by atomic mass is 10.5. The molecule has 0 aromatic rings. The van der Waals surface area contributed by atoms with E-state index in [2.05, 4.69) is 20.4 Å². The van der Waals surface area contributed by atoms with E-state index in [9.17, 15) is 0 Å². The Labute approximate surface area is 147 Å². The molecular weight excluding hydrogens is 264 g/mol. The van der Waals surface area contributed by atoms with E-state index < -0.39 is 0 Å². The highest BCUT2D eigenvalue weighted by atomic mass is 13.5. The van der Waals surface area contributed by atoms with Gasteiger partial charge >= 0.3 is 0 Å². The van der Waals surface area contributed by atoms with Gasteiger partial charge in [-0.2, -0.15) is 0 Å². The van der Waals surface area contributed by atoms with Crippen LogP contribution in [0.3, 0.4) is 0 Å². The van der Waals surface area contributed by atoms with Gasteiger partial charge in [0.2, 0.25) is 0 Å². The highest BCUT2D eigenvalue weighted by Gasteiger charge is 1.42. The molecule has 0 unspecified atom stereocenters. The van der Waals surface area contributed by atoms with Gasteiger partial charge in [-0.1, -0.05) is 126 Å². The molecular formula is C22H54. The van der Waals surface area contributed by atoms with E-state index in [1.165, 1.54) is 6.42 Å². The first-order valence-electron chi connectivity index (χ1n) is 9.55. The van der Waals surface area contributed by atoms with E-state index in [0.29, 0.717) is 0 Å². The van der Waals surface area contributed by atoms with Crippen molar-refractivity contribution in [3.05, 3.63) is 37.0 Å². The first kappa shape index (κ1) is 49.6. The Bertz CT molecular complexity index is 92.6. The predicted molar refractivity (Wildman–Crippen MR) is 118 cm³/mol. The number of hydrogen-bond acceptors (Lipinski definition) is 0. The average Bonchev–Trinajstić information content (AvgIpc) is 2.65. The molecule has 142 valence electrons. The van der Waals surface area contributed by atoms with E-state index in [0.717, 1.165) is 0 Å². The third kappa shape index (κ3) is 1290. The maximum atomic E-state index is 3.46. The normalized spacial score (nSPS) is 5.95. The molecule has 0 aliphatic heterocycles. The quantitative estimate of drug-likeness (QED) is 0.333. The Hall–Kier alpha value is -0.780. The summed E-state index contributed by atoms with van der Waals surface area (Å²) in [4.78, 5) is 0. The van der Waals surface area contributed by atoms with Crippen molar-refractivity contribution in [2.45, 2.75) is 110 Å². The molecule has 0 saturated carbocycles. The summed E-state index contributed by atoms with van der Waals surface area (Å²) in [5.41, 5.74) is 0. The van der Waals surface area contributed by atoms with Gasteiger partial charge in [0.05, 0.1) is 0 Å². The van der Waals surface area contributed by atoms with Crippen molar-refractivity contribution in [2.24, 2.45) is 0 Å². The maximum absolute atomic E-state index is 3.46. The third-order valence-corrected chi connectivity index (χ3v) is 0.662. The zero-order valence-corrected chi connectivity index (χ0v) is 19.3. The molecule has 0 saturated heterocycles. The minimum absolute atomic E-state index is 1.25. The van der Waals surface area contributed by atoms with Crippen molar-refractivity contribution in [1.29, 1.82) is 0 Å². The minimum atomic E-state index is 1.25. The van der Waals surface area contributed by atoms with Crippen molar-refractivity contribution in [1.82, 2.24) is 0 Å². The standard InChI is InChI=1S/C5H8.C4H8.C3H8.5C2H6/c1-3-5-4-2;1-3-4-2;1-3-2;5*1-2/h3-5H,1H2,2H3;3-4H,1-2H3;3H2,1-2H3;5*1-2H3/b5-4-;4-3-;;;;;;. The number of hydrogen-bond donors (Lipinski definition) is 0. The molecule has 0 rings (SSSR count). The van der Waals surface area contributed by atoms with Crippen LogP contribution in [0.1, 0.15) is 110 Å². The number of allylic oxidation sites excluding steroid dienone is 5. The lowest BCUT2D eigenvalue weighted by molar-refractivity contribution is 1.09. The summed E-state index contributed by atoms with van der Waals surface area (Å²) in [6.45, 7) is 33.7. The van der Waals surface area contributed by atoms with Crippen LogP contribution in [0.25, 0.3) is 0 Å². The second-order valence-corrected chi connectivity index (χ2v) is 2.14. The van der Waals surface area contributed by atoms with Gasteiger partial charge in [-0.3, -0.25) is 0 Å². The predicted octanol–water partition coefficient (Wildman–Crippen LogP) is 9.88. The summed E-state index contributed by atoms with van der Waals surface area (Å²) in [5.74, 6) is 0. The van der Waals surface area contributed by atoms with Gasteiger partial charge < -0.3 is 0 Å². The molecule has 0 atom stereocenters. The Morgan fingerprint density at radius 1 is 0.545 bits per heavy atom. The molecule has 22 heavy (non-hydrogen) atoms. The third-order valence-electron chi connectivity index (χ3n) is 0.662. The van der Waals surface area contributed by atoms with Gasteiger partial charge in [-0.05, 0) is 20.8 Å². The van der Waals surface area contributed by atoms with Crippen LogP contribution >= 0.6 is 0 Å². The first-order chi connectivity index (χ1) is 10.7. The van der Waals surface area contributed by atoms with Crippen molar-refractivity contribution >= 4 is 0 Å². The van der Waals surface area contributed by atoms with Crippen LogP contribution < -0.4 is 0 Å². The van der Waals surface area contributed by atoms with Crippen molar-refractivity contribution in [2.75, 3.05) is 0 Å². The summed E-state index contributed by atoms with van der Waals surface area (Å²) in [7, 11) is 0. The van der Waals surface area contributed by atoms with Gasteiger partial charge in [0.25, 0.3) is 0 Å². The lowest BCUT2D eigenvalue weighted by Crippen LogP contribution is -1.33. The zero-order chi connectivity index (χ0) is 20.2. The first-order valence-corrected chi connectivity index (χ1v) is 9.55. The molecule has 0 bridgehead atoms. The van der Waals surface area contributed by atoms with E-state index >= 15 is 0 Å². The minimum Gasteiger partial charge on any atom is -0.0991 e. The van der Waals surface area contributed by atoms with Gasteiger partial charge in [-0.25, -0.2) is 0 Å². The molecule has 0 N–H and O–H groups in total. The fourth-order valence-electron chi connectivity index (χ4n) is 0.136. The second-order valence-electron chi connectivity index (χ2n) is 2.14. The summed E-state index contributed by atoms with van der Waals surface area (Å²) in [6, 6.07) is 0. The summed E-state index contributed by atoms with van der Waals surface area (Å²) in [6.07, 6.45) is 10.8. The highest BCUT2D eigenvalue weighted by Crippen LogP contribution is 1.64. The molecule has 0 heteroatoms. The molecule has 0 aliphatic rings. The SMILES string of the molecule is C/C=C\C.C=C/C=C\C.CC.CC.CC.CC.CC.CCC. The number of rotatable bonds is 1. The fraction of sp³-hybridized carbons (Fsp3) is 0.727. The molecule has 0 aromatic carbocycles. The Kier molecular flexibility index (Phi) is 619. The van der Waals surface area contributed by atoms with Gasteiger partial charge in [0, 0.05) is 0 Å². The summed E-state index contributed by atoms with van der Waals surface area (Å²) >= 11 is 0. The van der Waals surface area contributed by atoms with Crippen LogP contribution in [-0.2, 0) is 0 Å². The topological polar surface area (TPSA) is 0 Å². The lowest BCUT2D eigenvalue weighted by Gasteiger charge is -1.56.